The first-order valence-corrected chi connectivity index (χ1v) is 7.80. The number of hydrogen-bond acceptors (Lipinski definition) is 3. The maximum Gasteiger partial charge on any atom is 0.162 e. The second kappa shape index (κ2) is 5.37. The van der Waals surface area contributed by atoms with Crippen molar-refractivity contribution in [3.63, 3.8) is 0 Å². The molecule has 104 valence electrons. The van der Waals surface area contributed by atoms with Crippen molar-refractivity contribution in [3.05, 3.63) is 22.7 Å². The molecule has 0 atom stereocenters. The minimum Gasteiger partial charge on any atom is -0.367 e. The van der Waals surface area contributed by atoms with E-state index in [4.69, 9.17) is 21.3 Å². The number of rotatable bonds is 4. The van der Waals surface area contributed by atoms with E-state index in [0.717, 1.165) is 24.4 Å². The highest BCUT2D eigenvalue weighted by Gasteiger charge is 2.38. The van der Waals surface area contributed by atoms with Gasteiger partial charge in [0.1, 0.15) is 10.8 Å². The molecule has 1 heterocycles. The first-order valence-electron chi connectivity index (χ1n) is 7.42. The molecule has 2 saturated carbocycles. The van der Waals surface area contributed by atoms with Crippen LogP contribution in [-0.2, 0) is 10.3 Å². The number of ether oxygens (including phenoxy) is 1. The molecule has 1 aromatic heterocycles. The lowest BCUT2D eigenvalue weighted by Gasteiger charge is -2.35. The third-order valence-electron chi connectivity index (χ3n) is 4.20. The van der Waals surface area contributed by atoms with E-state index in [1.165, 1.54) is 32.1 Å². The van der Waals surface area contributed by atoms with Gasteiger partial charge in [-0.15, -0.1) is 0 Å². The number of nitrogens with zero attached hydrogens (tertiary/aromatic N) is 2. The number of halogens is 1. The summed E-state index contributed by atoms with van der Waals surface area (Å²) in [5.41, 5.74) is 0.821. The van der Waals surface area contributed by atoms with Crippen LogP contribution in [-0.4, -0.2) is 16.6 Å². The van der Waals surface area contributed by atoms with Gasteiger partial charge in [0.05, 0.1) is 0 Å². The molecule has 3 nitrogen and oxygen atoms in total. The van der Waals surface area contributed by atoms with Gasteiger partial charge in [0.25, 0.3) is 0 Å². The molecule has 0 N–H and O–H groups in total. The van der Waals surface area contributed by atoms with Gasteiger partial charge >= 0.3 is 0 Å². The zero-order valence-corrected chi connectivity index (χ0v) is 12.2. The Bertz CT molecular complexity index is 448. The monoisotopic (exact) mass is 280 g/mol. The molecule has 2 aliphatic carbocycles. The molecule has 0 spiro atoms. The van der Waals surface area contributed by atoms with Gasteiger partial charge < -0.3 is 4.74 Å². The Hall–Kier alpha value is -0.670. The van der Waals surface area contributed by atoms with Crippen LogP contribution in [0, 0.1) is 0 Å². The van der Waals surface area contributed by atoms with Crippen molar-refractivity contribution < 1.29 is 4.74 Å². The fourth-order valence-corrected chi connectivity index (χ4v) is 3.25. The van der Waals surface area contributed by atoms with E-state index in [2.05, 4.69) is 4.98 Å². The minimum atomic E-state index is -0.290. The highest BCUT2D eigenvalue weighted by Crippen LogP contribution is 2.43. The molecule has 2 aliphatic rings. The van der Waals surface area contributed by atoms with Crippen LogP contribution in [0.5, 0.6) is 0 Å². The molecular weight excluding hydrogens is 260 g/mol. The molecule has 0 saturated heterocycles. The summed E-state index contributed by atoms with van der Waals surface area (Å²) in [7, 11) is 0. The third kappa shape index (κ3) is 2.77. The predicted molar refractivity (Wildman–Crippen MR) is 75.4 cm³/mol. The Balaban J connectivity index is 1.96. The summed E-state index contributed by atoms with van der Waals surface area (Å²) in [6.07, 6.45) is 8.16. The lowest BCUT2D eigenvalue weighted by atomic mass is 9.83. The standard InChI is InChI=1S/C15H21ClN2O/c1-2-19-15(8-4-3-5-9-15)14-17-12(11-6-7-11)10-13(16)18-14/h10-11H,2-9H2,1H3. The molecular formula is C15H21ClN2O. The average molecular weight is 281 g/mol. The SMILES string of the molecule is CCOC1(c2nc(Cl)cc(C3CC3)n2)CCCCC1. The molecule has 4 heteroatoms. The zero-order chi connectivity index (χ0) is 13.3. The molecule has 3 rings (SSSR count). The van der Waals surface area contributed by atoms with Gasteiger partial charge in [-0.3, -0.25) is 0 Å². The molecule has 0 unspecified atom stereocenters. The fourth-order valence-electron chi connectivity index (χ4n) is 3.06. The summed E-state index contributed by atoms with van der Waals surface area (Å²) in [5.74, 6) is 1.42. The fraction of sp³-hybridized carbons (Fsp3) is 0.733. The van der Waals surface area contributed by atoms with Crippen LogP contribution in [0.15, 0.2) is 6.07 Å². The predicted octanol–water partition coefficient (Wildman–Crippen LogP) is 4.20. The van der Waals surface area contributed by atoms with Crippen LogP contribution >= 0.6 is 11.6 Å². The summed E-state index contributed by atoms with van der Waals surface area (Å²) in [5, 5.41) is 0.566. The molecule has 19 heavy (non-hydrogen) atoms. The van der Waals surface area contributed by atoms with Crippen molar-refractivity contribution in [2.24, 2.45) is 0 Å². The number of hydrogen-bond donors (Lipinski definition) is 0. The first kappa shape index (κ1) is 13.3. The van der Waals surface area contributed by atoms with E-state index in [-0.39, 0.29) is 5.60 Å². The largest absolute Gasteiger partial charge is 0.367 e. The molecule has 1 aromatic rings. The smallest absolute Gasteiger partial charge is 0.162 e. The zero-order valence-electron chi connectivity index (χ0n) is 11.5. The molecule has 0 radical (unpaired) electrons. The highest BCUT2D eigenvalue weighted by atomic mass is 35.5. The molecule has 0 bridgehead atoms. The highest BCUT2D eigenvalue weighted by molar-refractivity contribution is 6.29. The summed E-state index contributed by atoms with van der Waals surface area (Å²) >= 11 is 6.20. The molecule has 0 amide bonds. The van der Waals surface area contributed by atoms with Crippen molar-refractivity contribution in [3.8, 4) is 0 Å². The average Bonchev–Trinajstić information content (AvgIpc) is 3.24. The van der Waals surface area contributed by atoms with E-state index >= 15 is 0 Å². The Kier molecular flexibility index (Phi) is 3.77. The first-order chi connectivity index (χ1) is 9.23. The van der Waals surface area contributed by atoms with E-state index in [1.54, 1.807) is 0 Å². The lowest BCUT2D eigenvalue weighted by molar-refractivity contribution is -0.0768. The van der Waals surface area contributed by atoms with Crippen molar-refractivity contribution in [2.45, 2.75) is 63.4 Å². The molecule has 2 fully saturated rings. The third-order valence-corrected chi connectivity index (χ3v) is 4.39. The van der Waals surface area contributed by atoms with Crippen LogP contribution in [0.1, 0.15) is 69.3 Å². The quantitative estimate of drug-likeness (QED) is 0.775. The van der Waals surface area contributed by atoms with Gasteiger partial charge in [-0.1, -0.05) is 30.9 Å². The van der Waals surface area contributed by atoms with Crippen LogP contribution in [0.2, 0.25) is 5.15 Å². The Labute approximate surface area is 119 Å². The maximum atomic E-state index is 6.20. The van der Waals surface area contributed by atoms with Crippen molar-refractivity contribution in [1.29, 1.82) is 0 Å². The van der Waals surface area contributed by atoms with E-state index in [1.807, 2.05) is 13.0 Å². The van der Waals surface area contributed by atoms with E-state index < -0.39 is 0 Å². The Morgan fingerprint density at radius 1 is 1.26 bits per heavy atom. The van der Waals surface area contributed by atoms with Crippen LogP contribution in [0.4, 0.5) is 0 Å². The minimum absolute atomic E-state index is 0.290. The Morgan fingerprint density at radius 3 is 2.63 bits per heavy atom. The lowest BCUT2D eigenvalue weighted by Crippen LogP contribution is -2.34. The van der Waals surface area contributed by atoms with Gasteiger partial charge in [-0.2, -0.15) is 0 Å². The topological polar surface area (TPSA) is 35.0 Å². The van der Waals surface area contributed by atoms with Crippen molar-refractivity contribution in [2.75, 3.05) is 6.61 Å². The summed E-state index contributed by atoms with van der Waals surface area (Å²) in [4.78, 5) is 9.28. The van der Waals surface area contributed by atoms with E-state index in [0.29, 0.717) is 17.7 Å². The molecule has 0 aliphatic heterocycles. The van der Waals surface area contributed by atoms with Crippen LogP contribution in [0.3, 0.4) is 0 Å². The maximum absolute atomic E-state index is 6.20. The summed E-state index contributed by atoms with van der Waals surface area (Å²) < 4.78 is 6.08. The van der Waals surface area contributed by atoms with Crippen LogP contribution < -0.4 is 0 Å². The molecule has 0 aromatic carbocycles. The van der Waals surface area contributed by atoms with Gasteiger partial charge in [0, 0.05) is 18.2 Å². The second-order valence-electron chi connectivity index (χ2n) is 5.70. The van der Waals surface area contributed by atoms with Crippen molar-refractivity contribution >= 4 is 11.6 Å². The second-order valence-corrected chi connectivity index (χ2v) is 6.09. The Morgan fingerprint density at radius 2 is 2.00 bits per heavy atom. The van der Waals surface area contributed by atoms with Gasteiger partial charge in [-0.25, -0.2) is 9.97 Å². The van der Waals surface area contributed by atoms with Gasteiger partial charge in [-0.05, 0) is 38.7 Å². The van der Waals surface area contributed by atoms with Crippen molar-refractivity contribution in [1.82, 2.24) is 9.97 Å². The normalized spacial score (nSPS) is 22.4. The van der Waals surface area contributed by atoms with Gasteiger partial charge in [0.2, 0.25) is 0 Å². The van der Waals surface area contributed by atoms with Crippen LogP contribution in [0.25, 0.3) is 0 Å². The number of aromatic nitrogens is 2. The summed E-state index contributed by atoms with van der Waals surface area (Å²) in [6, 6.07) is 1.92. The van der Waals surface area contributed by atoms with Gasteiger partial charge in [0.15, 0.2) is 5.82 Å². The van der Waals surface area contributed by atoms with E-state index in [9.17, 15) is 0 Å². The summed E-state index contributed by atoms with van der Waals surface area (Å²) in [6.45, 7) is 2.75.